The second-order valence-corrected chi connectivity index (χ2v) is 6.02. The zero-order valence-corrected chi connectivity index (χ0v) is 16.8. The van der Waals surface area contributed by atoms with Crippen LogP contribution in [-0.4, -0.2) is 24.0 Å². The van der Waals surface area contributed by atoms with Gasteiger partial charge in [0.1, 0.15) is 12.4 Å². The second kappa shape index (κ2) is 13.3. The molecule has 0 aromatic rings. The van der Waals surface area contributed by atoms with Crippen molar-refractivity contribution < 1.29 is 28.6 Å². The van der Waals surface area contributed by atoms with Gasteiger partial charge in [-0.25, -0.2) is 0 Å². The van der Waals surface area contributed by atoms with E-state index in [-0.39, 0.29) is 0 Å². The molecule has 0 aromatic carbocycles. The van der Waals surface area contributed by atoms with Gasteiger partial charge >= 0.3 is 17.9 Å². The lowest BCUT2D eigenvalue weighted by atomic mass is 10.1. The maximum Gasteiger partial charge on any atom is 0.307 e. The summed E-state index contributed by atoms with van der Waals surface area (Å²) in [5.41, 5.74) is 2.53. The molecule has 0 fully saturated rings. The van der Waals surface area contributed by atoms with E-state index in [2.05, 4.69) is 0 Å². The Kier molecular flexibility index (Phi) is 11.9. The standard InChI is InChI=1S/C21H28O6/c1-15(2)8-7-9-16(3)10-11-21(27-19(6)24)20(14-26-18(5)23)12-13-25-17(4)22/h7-10,12-14,21H,11H2,1-6H3/b9-7+,13-12+,16-10+,20-14-. The minimum atomic E-state index is -0.708. The number of carbonyl (C=O) groups excluding carboxylic acids is 3. The Morgan fingerprint density at radius 1 is 0.852 bits per heavy atom. The van der Waals surface area contributed by atoms with Gasteiger partial charge in [0, 0.05) is 32.8 Å². The van der Waals surface area contributed by atoms with E-state index in [4.69, 9.17) is 14.2 Å². The first-order chi connectivity index (χ1) is 12.6. The molecule has 0 bridgehead atoms. The molecule has 0 radical (unpaired) electrons. The van der Waals surface area contributed by atoms with E-state index in [1.807, 2.05) is 45.1 Å². The third kappa shape index (κ3) is 14.0. The van der Waals surface area contributed by atoms with E-state index in [0.717, 1.165) is 11.8 Å². The summed E-state index contributed by atoms with van der Waals surface area (Å²) in [5.74, 6) is -1.51. The maximum atomic E-state index is 11.5. The van der Waals surface area contributed by atoms with Gasteiger partial charge in [-0.1, -0.05) is 35.5 Å². The van der Waals surface area contributed by atoms with Crippen LogP contribution >= 0.6 is 0 Å². The van der Waals surface area contributed by atoms with Crippen LogP contribution in [0.25, 0.3) is 0 Å². The number of rotatable bonds is 9. The smallest absolute Gasteiger partial charge is 0.307 e. The summed E-state index contributed by atoms with van der Waals surface area (Å²) in [5, 5.41) is 0. The molecule has 0 amide bonds. The first-order valence-corrected chi connectivity index (χ1v) is 8.48. The summed E-state index contributed by atoms with van der Waals surface area (Å²) in [6.45, 7) is 9.72. The summed E-state index contributed by atoms with van der Waals surface area (Å²) in [7, 11) is 0. The van der Waals surface area contributed by atoms with Crippen LogP contribution in [0.1, 0.15) is 48.0 Å². The molecule has 0 spiro atoms. The summed E-state index contributed by atoms with van der Waals surface area (Å²) in [4.78, 5) is 33.5. The molecule has 1 unspecified atom stereocenters. The lowest BCUT2D eigenvalue weighted by Crippen LogP contribution is -2.18. The van der Waals surface area contributed by atoms with Crippen molar-refractivity contribution in [1.82, 2.24) is 0 Å². The Balaban J connectivity index is 5.49. The highest BCUT2D eigenvalue weighted by Crippen LogP contribution is 2.16. The maximum absolute atomic E-state index is 11.5. The fraction of sp³-hybridized carbons (Fsp3) is 0.381. The van der Waals surface area contributed by atoms with Gasteiger partial charge < -0.3 is 14.2 Å². The third-order valence-electron chi connectivity index (χ3n) is 2.98. The molecule has 0 saturated carbocycles. The van der Waals surface area contributed by atoms with Crippen LogP contribution in [0.4, 0.5) is 0 Å². The summed E-state index contributed by atoms with van der Waals surface area (Å²) in [6.07, 6.45) is 11.1. The predicted octanol–water partition coefficient (Wildman–Crippen LogP) is 4.30. The van der Waals surface area contributed by atoms with E-state index in [1.165, 1.54) is 38.7 Å². The fourth-order valence-corrected chi connectivity index (χ4v) is 1.79. The number of esters is 3. The monoisotopic (exact) mass is 376 g/mol. The van der Waals surface area contributed by atoms with Gasteiger partial charge in [-0.2, -0.15) is 0 Å². The van der Waals surface area contributed by atoms with Gasteiger partial charge in [0.2, 0.25) is 0 Å². The van der Waals surface area contributed by atoms with Crippen LogP contribution < -0.4 is 0 Å². The molecule has 0 rings (SSSR count). The Bertz CT molecular complexity index is 673. The predicted molar refractivity (Wildman–Crippen MR) is 103 cm³/mol. The fourth-order valence-electron chi connectivity index (χ4n) is 1.79. The molecular formula is C21H28O6. The van der Waals surface area contributed by atoms with Crippen LogP contribution in [-0.2, 0) is 28.6 Å². The van der Waals surface area contributed by atoms with Gasteiger partial charge in [0.05, 0.1) is 6.26 Å². The zero-order valence-electron chi connectivity index (χ0n) is 16.8. The van der Waals surface area contributed by atoms with Crippen molar-refractivity contribution in [3.8, 4) is 0 Å². The van der Waals surface area contributed by atoms with E-state index < -0.39 is 24.0 Å². The number of hydrogen-bond donors (Lipinski definition) is 0. The molecule has 0 saturated heterocycles. The molecule has 27 heavy (non-hydrogen) atoms. The van der Waals surface area contributed by atoms with Crippen molar-refractivity contribution in [3.63, 3.8) is 0 Å². The van der Waals surface area contributed by atoms with Crippen molar-refractivity contribution in [2.45, 2.75) is 54.1 Å². The minimum absolute atomic E-state index is 0.349. The molecule has 0 aromatic heterocycles. The van der Waals surface area contributed by atoms with Crippen LogP contribution in [0.2, 0.25) is 0 Å². The lowest BCUT2D eigenvalue weighted by molar-refractivity contribution is -0.144. The first-order valence-electron chi connectivity index (χ1n) is 8.48. The number of ether oxygens (including phenoxy) is 3. The SMILES string of the molecule is CC(=O)O/C=C(/C=C/OC(C)=O)C(C/C=C(C)/C=C/C=C(C)C)OC(C)=O. The second-order valence-electron chi connectivity index (χ2n) is 6.02. The molecule has 0 aliphatic carbocycles. The van der Waals surface area contributed by atoms with Crippen LogP contribution in [0.3, 0.4) is 0 Å². The molecule has 0 heterocycles. The number of carbonyl (C=O) groups is 3. The summed E-state index contributed by atoms with van der Waals surface area (Å²) < 4.78 is 15.0. The van der Waals surface area contributed by atoms with E-state index in [1.54, 1.807) is 0 Å². The van der Waals surface area contributed by atoms with Crippen molar-refractivity contribution >= 4 is 17.9 Å². The first kappa shape index (κ1) is 24.1. The third-order valence-corrected chi connectivity index (χ3v) is 2.98. The Labute approximate surface area is 160 Å². The summed E-state index contributed by atoms with van der Waals surface area (Å²) in [6, 6.07) is 0. The van der Waals surface area contributed by atoms with E-state index in [9.17, 15) is 14.4 Å². The Morgan fingerprint density at radius 2 is 1.48 bits per heavy atom. The largest absolute Gasteiger partial charge is 0.457 e. The van der Waals surface area contributed by atoms with Gasteiger partial charge in [0.25, 0.3) is 0 Å². The van der Waals surface area contributed by atoms with Crippen molar-refractivity contribution in [3.05, 3.63) is 59.6 Å². The molecule has 1 atom stereocenters. The van der Waals surface area contributed by atoms with Crippen molar-refractivity contribution in [2.24, 2.45) is 0 Å². The highest BCUT2D eigenvalue weighted by molar-refractivity contribution is 5.68. The van der Waals surface area contributed by atoms with Gasteiger partial charge in [-0.15, -0.1) is 0 Å². The molecule has 6 nitrogen and oxygen atoms in total. The quantitative estimate of drug-likeness (QED) is 0.258. The minimum Gasteiger partial charge on any atom is -0.457 e. The van der Waals surface area contributed by atoms with Crippen LogP contribution in [0, 0.1) is 0 Å². The molecule has 0 aliphatic heterocycles. The van der Waals surface area contributed by atoms with E-state index in [0.29, 0.717) is 12.0 Å². The highest BCUT2D eigenvalue weighted by atomic mass is 16.5. The normalized spacial score (nSPS) is 13.4. The van der Waals surface area contributed by atoms with Gasteiger partial charge in [-0.05, 0) is 26.8 Å². The zero-order chi connectivity index (χ0) is 20.8. The van der Waals surface area contributed by atoms with Gasteiger partial charge in [0.15, 0.2) is 0 Å². The molecule has 0 aliphatic rings. The number of allylic oxidation sites excluding steroid dienone is 5. The molecule has 0 N–H and O–H groups in total. The number of hydrogen-bond acceptors (Lipinski definition) is 6. The van der Waals surface area contributed by atoms with E-state index >= 15 is 0 Å². The van der Waals surface area contributed by atoms with Crippen molar-refractivity contribution in [2.75, 3.05) is 0 Å². The Hall–Kier alpha value is -2.89. The van der Waals surface area contributed by atoms with Crippen LogP contribution in [0.15, 0.2) is 59.6 Å². The Morgan fingerprint density at radius 3 is 2.00 bits per heavy atom. The average Bonchev–Trinajstić information content (AvgIpc) is 2.53. The topological polar surface area (TPSA) is 78.9 Å². The van der Waals surface area contributed by atoms with Crippen molar-refractivity contribution in [1.29, 1.82) is 0 Å². The average molecular weight is 376 g/mol. The summed E-state index contributed by atoms with van der Waals surface area (Å²) >= 11 is 0. The van der Waals surface area contributed by atoms with Gasteiger partial charge in [-0.3, -0.25) is 14.4 Å². The molecular weight excluding hydrogens is 348 g/mol. The lowest BCUT2D eigenvalue weighted by Gasteiger charge is -2.16. The highest BCUT2D eigenvalue weighted by Gasteiger charge is 2.16. The molecule has 148 valence electrons. The van der Waals surface area contributed by atoms with Crippen LogP contribution in [0.5, 0.6) is 0 Å². The molecule has 6 heteroatoms.